The monoisotopic (exact) mass is 414 g/mol. The Morgan fingerprint density at radius 3 is 2.65 bits per heavy atom. The van der Waals surface area contributed by atoms with Crippen molar-refractivity contribution in [3.63, 3.8) is 0 Å². The second-order valence-corrected chi connectivity index (χ2v) is 7.21. The molecule has 0 spiro atoms. The van der Waals surface area contributed by atoms with Crippen molar-refractivity contribution >= 4 is 41.5 Å². The summed E-state index contributed by atoms with van der Waals surface area (Å²) in [4.78, 5) is 10.9. The van der Waals surface area contributed by atoms with Crippen LogP contribution in [-0.4, -0.2) is 18.6 Å². The fourth-order valence-corrected chi connectivity index (χ4v) is 3.82. The molecule has 2 aromatic rings. The molecule has 2 aromatic carbocycles. The van der Waals surface area contributed by atoms with E-state index in [1.165, 1.54) is 5.56 Å². The average molecular weight is 416 g/mol. The van der Waals surface area contributed by atoms with E-state index in [0.717, 1.165) is 30.4 Å². The van der Waals surface area contributed by atoms with Gasteiger partial charge in [0, 0.05) is 22.0 Å². The lowest BCUT2D eigenvalue weighted by Crippen LogP contribution is -2.34. The van der Waals surface area contributed by atoms with Crippen LogP contribution in [0.4, 0.5) is 0 Å². The first kappa shape index (κ1) is 20.8. The molecule has 26 heavy (non-hydrogen) atoms. The summed E-state index contributed by atoms with van der Waals surface area (Å²) in [5, 5.41) is 1.26. The third-order valence-electron chi connectivity index (χ3n) is 4.62. The van der Waals surface area contributed by atoms with E-state index in [1.807, 2.05) is 30.3 Å². The normalized spacial score (nSPS) is 18.6. The molecule has 1 amide bonds. The van der Waals surface area contributed by atoms with Crippen molar-refractivity contribution in [2.45, 2.75) is 31.2 Å². The number of ether oxygens (including phenoxy) is 1. The van der Waals surface area contributed by atoms with Crippen LogP contribution in [0.25, 0.3) is 0 Å². The topological polar surface area (TPSA) is 78.3 Å². The third kappa shape index (κ3) is 4.83. The largest absolute Gasteiger partial charge is 0.484 e. The molecule has 1 aliphatic carbocycles. The number of hydrogen-bond acceptors (Lipinski definition) is 3. The quantitative estimate of drug-likeness (QED) is 0.778. The number of carbonyl (C=O) groups is 1. The maximum Gasteiger partial charge on any atom is 0.255 e. The van der Waals surface area contributed by atoms with Crippen LogP contribution >= 0.6 is 35.6 Å². The molecule has 4 nitrogen and oxygen atoms in total. The second kappa shape index (κ2) is 8.96. The molecule has 2 unspecified atom stereocenters. The van der Waals surface area contributed by atoms with Gasteiger partial charge in [-0.25, -0.2) is 0 Å². The van der Waals surface area contributed by atoms with E-state index < -0.39 is 5.91 Å². The molecule has 140 valence electrons. The first-order valence-corrected chi connectivity index (χ1v) is 8.93. The van der Waals surface area contributed by atoms with E-state index in [2.05, 4.69) is 0 Å². The molecule has 0 saturated heterocycles. The maximum absolute atomic E-state index is 10.9. The molecule has 7 heteroatoms. The summed E-state index contributed by atoms with van der Waals surface area (Å²) in [6, 6.07) is 11.4. The zero-order valence-electron chi connectivity index (χ0n) is 14.1. The molecule has 2 atom stereocenters. The first-order valence-electron chi connectivity index (χ1n) is 8.17. The number of hydrogen-bond donors (Lipinski definition) is 2. The van der Waals surface area contributed by atoms with Crippen molar-refractivity contribution < 1.29 is 9.53 Å². The second-order valence-electron chi connectivity index (χ2n) is 6.36. The Labute approximate surface area is 169 Å². The zero-order valence-corrected chi connectivity index (χ0v) is 16.4. The summed E-state index contributed by atoms with van der Waals surface area (Å²) in [5.74, 6) is 0.248. The third-order valence-corrected chi connectivity index (χ3v) is 5.20. The van der Waals surface area contributed by atoms with Gasteiger partial charge in [-0.2, -0.15) is 0 Å². The van der Waals surface area contributed by atoms with E-state index in [9.17, 15) is 4.79 Å². The fourth-order valence-electron chi connectivity index (χ4n) is 3.33. The van der Waals surface area contributed by atoms with Crippen LogP contribution in [0, 0.1) is 0 Å². The standard InChI is InChI=1S/C19H20Cl2N2O2.ClH/c20-13-4-1-12(17(21)8-13)7-16-15-9-14(25-10-19(23)24)5-2-11(15)3-6-18(16)22;/h1-2,4-5,8-9,16,18H,3,6-7,10,22H2,(H2,23,24);1H. The Hall–Kier alpha value is -1.46. The summed E-state index contributed by atoms with van der Waals surface area (Å²) in [6.07, 6.45) is 2.57. The molecule has 0 saturated carbocycles. The van der Waals surface area contributed by atoms with Gasteiger partial charge in [0.1, 0.15) is 5.75 Å². The Kier molecular flexibility index (Phi) is 7.18. The highest BCUT2D eigenvalue weighted by molar-refractivity contribution is 6.35. The number of aryl methyl sites for hydroxylation is 1. The van der Waals surface area contributed by atoms with Crippen LogP contribution in [0.1, 0.15) is 29.0 Å². The minimum atomic E-state index is -0.501. The minimum absolute atomic E-state index is 0. The fraction of sp³-hybridized carbons (Fsp3) is 0.316. The van der Waals surface area contributed by atoms with Crippen molar-refractivity contribution in [1.29, 1.82) is 0 Å². The Morgan fingerprint density at radius 1 is 1.19 bits per heavy atom. The van der Waals surface area contributed by atoms with Crippen molar-refractivity contribution in [2.24, 2.45) is 11.5 Å². The molecule has 1 aliphatic rings. The van der Waals surface area contributed by atoms with E-state index in [4.69, 9.17) is 39.4 Å². The van der Waals surface area contributed by atoms with Gasteiger partial charge >= 0.3 is 0 Å². The summed E-state index contributed by atoms with van der Waals surface area (Å²) in [5.41, 5.74) is 15.0. The molecular weight excluding hydrogens is 395 g/mol. The smallest absolute Gasteiger partial charge is 0.255 e. The van der Waals surface area contributed by atoms with Gasteiger partial charge in [-0.15, -0.1) is 12.4 Å². The SMILES string of the molecule is Cl.NC(=O)COc1ccc2c(c1)C(Cc1ccc(Cl)cc1Cl)C(N)CC2. The number of halogens is 3. The van der Waals surface area contributed by atoms with Gasteiger partial charge in [-0.1, -0.05) is 35.3 Å². The Morgan fingerprint density at radius 2 is 1.96 bits per heavy atom. The number of rotatable bonds is 5. The number of primary amides is 1. The molecule has 0 aromatic heterocycles. The summed E-state index contributed by atoms with van der Waals surface area (Å²) in [7, 11) is 0. The van der Waals surface area contributed by atoms with Crippen molar-refractivity contribution in [1.82, 2.24) is 0 Å². The van der Waals surface area contributed by atoms with Crippen LogP contribution in [0.2, 0.25) is 10.0 Å². The average Bonchev–Trinajstić information content (AvgIpc) is 2.57. The lowest BCUT2D eigenvalue weighted by Gasteiger charge is -2.32. The molecule has 4 N–H and O–H groups in total. The van der Waals surface area contributed by atoms with Crippen molar-refractivity contribution in [3.05, 3.63) is 63.1 Å². The van der Waals surface area contributed by atoms with Crippen LogP contribution in [-0.2, 0) is 17.6 Å². The van der Waals surface area contributed by atoms with E-state index in [0.29, 0.717) is 15.8 Å². The lowest BCUT2D eigenvalue weighted by molar-refractivity contribution is -0.119. The van der Waals surface area contributed by atoms with E-state index in [-0.39, 0.29) is 31.0 Å². The number of carbonyl (C=O) groups excluding carboxylic acids is 1. The number of benzene rings is 2. The molecule has 0 radical (unpaired) electrons. The number of fused-ring (bicyclic) bond motifs is 1. The van der Waals surface area contributed by atoms with Gasteiger partial charge < -0.3 is 16.2 Å². The molecule has 0 fully saturated rings. The van der Waals surface area contributed by atoms with Crippen LogP contribution in [0.3, 0.4) is 0 Å². The highest BCUT2D eigenvalue weighted by Crippen LogP contribution is 2.37. The number of nitrogens with two attached hydrogens (primary N) is 2. The van der Waals surface area contributed by atoms with Crippen molar-refractivity contribution in [3.8, 4) is 5.75 Å². The summed E-state index contributed by atoms with van der Waals surface area (Å²) in [6.45, 7) is -0.140. The van der Waals surface area contributed by atoms with Gasteiger partial charge in [0.25, 0.3) is 5.91 Å². The van der Waals surface area contributed by atoms with Gasteiger partial charge in [-0.3, -0.25) is 4.79 Å². The molecular formula is C19H21Cl3N2O2. The Bertz CT molecular complexity index is 798. The zero-order chi connectivity index (χ0) is 18.0. The van der Waals surface area contributed by atoms with Crippen LogP contribution in [0.5, 0.6) is 5.75 Å². The molecule has 0 aliphatic heterocycles. The van der Waals surface area contributed by atoms with Gasteiger partial charge in [0.15, 0.2) is 6.61 Å². The first-order chi connectivity index (χ1) is 11.9. The Balaban J connectivity index is 0.00000243. The summed E-state index contributed by atoms with van der Waals surface area (Å²) < 4.78 is 5.45. The predicted octanol–water partition coefficient (Wildman–Crippen LogP) is 3.88. The highest BCUT2D eigenvalue weighted by Gasteiger charge is 2.28. The molecule has 3 rings (SSSR count). The highest BCUT2D eigenvalue weighted by atomic mass is 35.5. The van der Waals surface area contributed by atoms with Gasteiger partial charge in [0.2, 0.25) is 0 Å². The van der Waals surface area contributed by atoms with E-state index in [1.54, 1.807) is 6.07 Å². The predicted molar refractivity (Wildman–Crippen MR) is 108 cm³/mol. The summed E-state index contributed by atoms with van der Waals surface area (Å²) >= 11 is 12.3. The number of amides is 1. The van der Waals surface area contributed by atoms with E-state index >= 15 is 0 Å². The molecule has 0 heterocycles. The lowest BCUT2D eigenvalue weighted by atomic mass is 9.76. The van der Waals surface area contributed by atoms with Crippen LogP contribution < -0.4 is 16.2 Å². The minimum Gasteiger partial charge on any atom is -0.484 e. The van der Waals surface area contributed by atoms with Gasteiger partial charge in [0.05, 0.1) is 0 Å². The van der Waals surface area contributed by atoms with Gasteiger partial charge in [-0.05, 0) is 60.2 Å². The van der Waals surface area contributed by atoms with Crippen molar-refractivity contribution in [2.75, 3.05) is 6.61 Å². The molecule has 0 bridgehead atoms. The maximum atomic E-state index is 10.9. The van der Waals surface area contributed by atoms with Crippen LogP contribution in [0.15, 0.2) is 36.4 Å².